The molecule has 132 valence electrons. The first-order chi connectivity index (χ1) is 12.1. The standard InChI is InChI=1S/C19H24N4O2/c1-2-17(14-6-4-3-5-7-14)22-8-10-23(11-9-22)19(25)16-12-15(13-21-16)18(20)24/h3-7,12-13,17,21H,2,8-11H2,1H3,(H2,20,24)/t17-/m1/s1. The normalized spacial score (nSPS) is 16.6. The molecule has 1 aromatic heterocycles. The zero-order chi connectivity index (χ0) is 17.8. The zero-order valence-corrected chi connectivity index (χ0v) is 14.4. The Hall–Kier alpha value is -2.60. The minimum atomic E-state index is -0.534. The number of carbonyl (C=O) groups excluding carboxylic acids is 2. The molecule has 1 fully saturated rings. The molecule has 1 aromatic carbocycles. The van der Waals surface area contributed by atoms with Gasteiger partial charge in [-0.25, -0.2) is 0 Å². The minimum Gasteiger partial charge on any atom is -0.366 e. The van der Waals surface area contributed by atoms with Crippen molar-refractivity contribution in [2.24, 2.45) is 5.73 Å². The van der Waals surface area contributed by atoms with Gasteiger partial charge in [-0.05, 0) is 18.1 Å². The topological polar surface area (TPSA) is 82.4 Å². The maximum Gasteiger partial charge on any atom is 0.270 e. The number of amides is 2. The molecule has 2 heterocycles. The van der Waals surface area contributed by atoms with Gasteiger partial charge in [-0.1, -0.05) is 37.3 Å². The van der Waals surface area contributed by atoms with Gasteiger partial charge in [0.05, 0.1) is 5.56 Å². The highest BCUT2D eigenvalue weighted by atomic mass is 16.2. The van der Waals surface area contributed by atoms with Crippen LogP contribution in [0.15, 0.2) is 42.6 Å². The Balaban J connectivity index is 1.62. The maximum absolute atomic E-state index is 12.6. The van der Waals surface area contributed by atoms with E-state index in [0.717, 1.165) is 19.5 Å². The van der Waals surface area contributed by atoms with Gasteiger partial charge in [0.25, 0.3) is 5.91 Å². The highest BCUT2D eigenvalue weighted by Gasteiger charge is 2.27. The molecule has 1 aliphatic heterocycles. The molecular formula is C19H24N4O2. The molecule has 0 spiro atoms. The number of hydrogen-bond donors (Lipinski definition) is 2. The van der Waals surface area contributed by atoms with E-state index < -0.39 is 5.91 Å². The molecule has 6 nitrogen and oxygen atoms in total. The molecule has 1 atom stereocenters. The lowest BCUT2D eigenvalue weighted by Crippen LogP contribution is -2.49. The Morgan fingerprint density at radius 2 is 1.84 bits per heavy atom. The SMILES string of the molecule is CC[C@H](c1ccccc1)N1CCN(C(=O)c2cc(C(N)=O)c[nH]2)CC1. The molecule has 0 saturated carbocycles. The summed E-state index contributed by atoms with van der Waals surface area (Å²) in [4.78, 5) is 30.9. The van der Waals surface area contributed by atoms with E-state index in [9.17, 15) is 9.59 Å². The third kappa shape index (κ3) is 3.74. The molecule has 3 rings (SSSR count). The molecule has 0 aliphatic carbocycles. The van der Waals surface area contributed by atoms with E-state index >= 15 is 0 Å². The second-order valence-corrected chi connectivity index (χ2v) is 6.33. The molecule has 2 amide bonds. The van der Waals surface area contributed by atoms with Crippen LogP contribution >= 0.6 is 0 Å². The van der Waals surface area contributed by atoms with Crippen LogP contribution in [-0.2, 0) is 0 Å². The van der Waals surface area contributed by atoms with Crippen LogP contribution < -0.4 is 5.73 Å². The van der Waals surface area contributed by atoms with E-state index in [2.05, 4.69) is 41.1 Å². The summed E-state index contributed by atoms with van der Waals surface area (Å²) in [6.45, 7) is 5.21. The van der Waals surface area contributed by atoms with Gasteiger partial charge >= 0.3 is 0 Å². The lowest BCUT2D eigenvalue weighted by atomic mass is 10.0. The molecule has 2 aromatic rings. The number of H-pyrrole nitrogens is 1. The maximum atomic E-state index is 12.6. The van der Waals surface area contributed by atoms with Crippen LogP contribution in [0, 0.1) is 0 Å². The molecule has 6 heteroatoms. The van der Waals surface area contributed by atoms with Crippen molar-refractivity contribution < 1.29 is 9.59 Å². The van der Waals surface area contributed by atoms with Gasteiger partial charge in [-0.3, -0.25) is 14.5 Å². The van der Waals surface area contributed by atoms with Crippen molar-refractivity contribution in [1.82, 2.24) is 14.8 Å². The summed E-state index contributed by atoms with van der Waals surface area (Å²) in [6, 6.07) is 12.4. The van der Waals surface area contributed by atoms with Gasteiger partial charge in [-0.15, -0.1) is 0 Å². The number of benzene rings is 1. The summed E-state index contributed by atoms with van der Waals surface area (Å²) in [5, 5.41) is 0. The number of carbonyl (C=O) groups is 2. The number of primary amides is 1. The highest BCUT2D eigenvalue weighted by Crippen LogP contribution is 2.25. The van der Waals surface area contributed by atoms with E-state index in [4.69, 9.17) is 5.73 Å². The summed E-state index contributed by atoms with van der Waals surface area (Å²) >= 11 is 0. The first kappa shape index (κ1) is 17.2. The number of nitrogens with zero attached hydrogens (tertiary/aromatic N) is 2. The second-order valence-electron chi connectivity index (χ2n) is 6.33. The number of hydrogen-bond acceptors (Lipinski definition) is 3. The highest BCUT2D eigenvalue weighted by molar-refractivity contribution is 5.98. The number of aromatic amines is 1. The molecule has 0 radical (unpaired) electrons. The third-order valence-electron chi connectivity index (χ3n) is 4.81. The average molecular weight is 340 g/mol. The fourth-order valence-corrected chi connectivity index (χ4v) is 3.45. The molecule has 0 unspecified atom stereocenters. The fraction of sp³-hybridized carbons (Fsp3) is 0.368. The smallest absolute Gasteiger partial charge is 0.270 e. The third-order valence-corrected chi connectivity index (χ3v) is 4.81. The fourth-order valence-electron chi connectivity index (χ4n) is 3.45. The predicted molar refractivity (Wildman–Crippen MR) is 96.3 cm³/mol. The van der Waals surface area contributed by atoms with Crippen LogP contribution in [0.4, 0.5) is 0 Å². The van der Waals surface area contributed by atoms with Gasteiger partial charge in [0.15, 0.2) is 0 Å². The van der Waals surface area contributed by atoms with Crippen molar-refractivity contribution in [1.29, 1.82) is 0 Å². The molecule has 0 bridgehead atoms. The quantitative estimate of drug-likeness (QED) is 0.873. The number of nitrogens with one attached hydrogen (secondary N) is 1. The van der Waals surface area contributed by atoms with Gasteiger partial charge in [0.1, 0.15) is 5.69 Å². The Morgan fingerprint density at radius 3 is 2.40 bits per heavy atom. The predicted octanol–water partition coefficient (Wildman–Crippen LogP) is 2.02. The monoisotopic (exact) mass is 340 g/mol. The van der Waals surface area contributed by atoms with Crippen LogP contribution in [0.1, 0.15) is 45.8 Å². The van der Waals surface area contributed by atoms with Crippen LogP contribution in [0.2, 0.25) is 0 Å². The van der Waals surface area contributed by atoms with Crippen molar-refractivity contribution in [2.45, 2.75) is 19.4 Å². The largest absolute Gasteiger partial charge is 0.366 e. The average Bonchev–Trinajstić information content (AvgIpc) is 3.14. The van der Waals surface area contributed by atoms with E-state index in [0.29, 0.717) is 30.4 Å². The number of rotatable bonds is 5. The molecule has 1 saturated heterocycles. The Kier molecular flexibility index (Phi) is 5.19. The summed E-state index contributed by atoms with van der Waals surface area (Å²) in [7, 11) is 0. The summed E-state index contributed by atoms with van der Waals surface area (Å²) in [6.07, 6.45) is 2.52. The number of aromatic nitrogens is 1. The first-order valence-electron chi connectivity index (χ1n) is 8.66. The van der Waals surface area contributed by atoms with Crippen LogP contribution in [0.3, 0.4) is 0 Å². The van der Waals surface area contributed by atoms with E-state index in [1.807, 2.05) is 11.0 Å². The molecule has 3 N–H and O–H groups in total. The summed E-state index contributed by atoms with van der Waals surface area (Å²) < 4.78 is 0. The van der Waals surface area contributed by atoms with Crippen LogP contribution in [0.25, 0.3) is 0 Å². The number of nitrogens with two attached hydrogens (primary N) is 1. The summed E-state index contributed by atoms with van der Waals surface area (Å²) in [5.74, 6) is -0.617. The van der Waals surface area contributed by atoms with Crippen molar-refractivity contribution in [3.63, 3.8) is 0 Å². The van der Waals surface area contributed by atoms with Gasteiger partial charge in [0.2, 0.25) is 5.91 Å². The lowest BCUT2D eigenvalue weighted by Gasteiger charge is -2.39. The van der Waals surface area contributed by atoms with Crippen LogP contribution in [0.5, 0.6) is 0 Å². The van der Waals surface area contributed by atoms with Crippen molar-refractivity contribution in [3.8, 4) is 0 Å². The first-order valence-corrected chi connectivity index (χ1v) is 8.66. The van der Waals surface area contributed by atoms with Gasteiger partial charge in [0, 0.05) is 38.4 Å². The summed E-state index contributed by atoms with van der Waals surface area (Å²) in [5.41, 5.74) is 7.30. The molecular weight excluding hydrogens is 316 g/mol. The van der Waals surface area contributed by atoms with Crippen molar-refractivity contribution in [2.75, 3.05) is 26.2 Å². The van der Waals surface area contributed by atoms with Crippen LogP contribution in [-0.4, -0.2) is 52.8 Å². The second kappa shape index (κ2) is 7.53. The van der Waals surface area contributed by atoms with Gasteiger partial charge < -0.3 is 15.6 Å². The van der Waals surface area contributed by atoms with E-state index in [1.165, 1.54) is 17.8 Å². The van der Waals surface area contributed by atoms with Gasteiger partial charge in [-0.2, -0.15) is 0 Å². The lowest BCUT2D eigenvalue weighted by molar-refractivity contribution is 0.0558. The van der Waals surface area contributed by atoms with E-state index in [1.54, 1.807) is 0 Å². The minimum absolute atomic E-state index is 0.0834. The van der Waals surface area contributed by atoms with Crippen molar-refractivity contribution >= 4 is 11.8 Å². The van der Waals surface area contributed by atoms with E-state index in [-0.39, 0.29) is 5.91 Å². The Bertz CT molecular complexity index is 733. The molecule has 25 heavy (non-hydrogen) atoms. The Morgan fingerprint density at radius 1 is 1.16 bits per heavy atom. The van der Waals surface area contributed by atoms with Crippen molar-refractivity contribution in [3.05, 3.63) is 59.4 Å². The zero-order valence-electron chi connectivity index (χ0n) is 14.4. The molecule has 1 aliphatic rings. The number of piperazine rings is 1. The Labute approximate surface area is 147 Å².